The highest BCUT2D eigenvalue weighted by molar-refractivity contribution is 9.10. The van der Waals surface area contributed by atoms with Crippen molar-refractivity contribution in [3.63, 3.8) is 0 Å². The van der Waals surface area contributed by atoms with Crippen molar-refractivity contribution in [1.29, 1.82) is 0 Å². The summed E-state index contributed by atoms with van der Waals surface area (Å²) in [6, 6.07) is 7.99. The fourth-order valence-electron chi connectivity index (χ4n) is 3.37. The molecule has 7 heteroatoms. The average molecular weight is 450 g/mol. The predicted molar refractivity (Wildman–Crippen MR) is 112 cm³/mol. The molecule has 144 valence electrons. The molecule has 5 nitrogen and oxygen atoms in total. The number of carbonyl (C=O) groups is 2. The minimum atomic E-state index is -0.0220. The Morgan fingerprint density at radius 3 is 2.85 bits per heavy atom. The molecule has 0 spiro atoms. The summed E-state index contributed by atoms with van der Waals surface area (Å²) < 4.78 is 1.01. The van der Waals surface area contributed by atoms with E-state index in [2.05, 4.69) is 34.8 Å². The zero-order valence-corrected chi connectivity index (χ0v) is 18.1. The predicted octanol–water partition coefficient (Wildman–Crippen LogP) is 4.57. The zero-order chi connectivity index (χ0) is 19.4. The van der Waals surface area contributed by atoms with Crippen LogP contribution in [0.1, 0.15) is 50.4 Å². The number of aromatic nitrogens is 1. The molecule has 3 rings (SSSR count). The topological polar surface area (TPSA) is 53.5 Å². The fraction of sp³-hybridized carbons (Fsp3) is 0.450. The van der Waals surface area contributed by atoms with Crippen molar-refractivity contribution in [3.8, 4) is 0 Å². The van der Waals surface area contributed by atoms with E-state index in [0.29, 0.717) is 18.1 Å². The van der Waals surface area contributed by atoms with Crippen LogP contribution >= 0.6 is 27.3 Å². The highest BCUT2D eigenvalue weighted by atomic mass is 79.9. The molecular formula is C20H24BrN3O2S. The van der Waals surface area contributed by atoms with Crippen LogP contribution in [0.2, 0.25) is 0 Å². The van der Waals surface area contributed by atoms with Crippen molar-refractivity contribution in [2.45, 2.75) is 45.6 Å². The molecule has 0 radical (unpaired) electrons. The van der Waals surface area contributed by atoms with Gasteiger partial charge in [-0.15, -0.1) is 11.3 Å². The monoisotopic (exact) mass is 449 g/mol. The van der Waals surface area contributed by atoms with Gasteiger partial charge in [0.15, 0.2) is 5.13 Å². The first kappa shape index (κ1) is 20.0. The van der Waals surface area contributed by atoms with Gasteiger partial charge in [0, 0.05) is 29.4 Å². The molecule has 1 fully saturated rings. The Morgan fingerprint density at radius 1 is 1.41 bits per heavy atom. The van der Waals surface area contributed by atoms with Gasteiger partial charge in [-0.25, -0.2) is 4.98 Å². The van der Waals surface area contributed by atoms with E-state index in [4.69, 9.17) is 0 Å². The fourth-order valence-corrected chi connectivity index (χ4v) is 4.85. The number of thiazole rings is 1. The third-order valence-corrected chi connectivity index (χ3v) is 6.42. The first-order valence-corrected chi connectivity index (χ1v) is 11.0. The van der Waals surface area contributed by atoms with E-state index in [1.54, 1.807) is 4.90 Å². The van der Waals surface area contributed by atoms with E-state index in [1.807, 2.05) is 34.5 Å². The second kappa shape index (κ2) is 8.97. The molecule has 1 aliphatic rings. The molecule has 2 heterocycles. The lowest BCUT2D eigenvalue weighted by Gasteiger charge is -2.30. The number of benzene rings is 1. The average Bonchev–Trinajstić information content (AvgIpc) is 3.28. The van der Waals surface area contributed by atoms with Crippen LogP contribution in [0.4, 0.5) is 5.13 Å². The van der Waals surface area contributed by atoms with Gasteiger partial charge in [-0.2, -0.15) is 0 Å². The van der Waals surface area contributed by atoms with E-state index < -0.39 is 0 Å². The van der Waals surface area contributed by atoms with Crippen LogP contribution in [0.25, 0.3) is 0 Å². The molecule has 2 amide bonds. The molecular weight excluding hydrogens is 426 g/mol. The van der Waals surface area contributed by atoms with Crippen LogP contribution < -0.4 is 4.90 Å². The van der Waals surface area contributed by atoms with Crippen molar-refractivity contribution in [2.75, 3.05) is 18.0 Å². The number of anilines is 1. The van der Waals surface area contributed by atoms with Crippen molar-refractivity contribution >= 4 is 44.2 Å². The van der Waals surface area contributed by atoms with Crippen molar-refractivity contribution in [1.82, 2.24) is 9.88 Å². The van der Waals surface area contributed by atoms with Crippen LogP contribution in [-0.4, -0.2) is 34.8 Å². The van der Waals surface area contributed by atoms with Gasteiger partial charge in [0.1, 0.15) is 0 Å². The SMILES string of the molecule is CCCN(C(=O)Cc1csc(N2CCCC2=O)n1)C(C)c1ccccc1Br. The largest absolute Gasteiger partial charge is 0.336 e. The van der Waals surface area contributed by atoms with Crippen molar-refractivity contribution in [2.24, 2.45) is 0 Å². The van der Waals surface area contributed by atoms with Gasteiger partial charge in [0.05, 0.1) is 18.2 Å². The maximum absolute atomic E-state index is 13.0. The molecule has 1 atom stereocenters. The summed E-state index contributed by atoms with van der Waals surface area (Å²) >= 11 is 5.03. The number of amides is 2. The minimum absolute atomic E-state index is 0.0220. The molecule has 27 heavy (non-hydrogen) atoms. The number of halogens is 1. The third kappa shape index (κ3) is 4.58. The smallest absolute Gasteiger partial charge is 0.229 e. The van der Waals surface area contributed by atoms with E-state index in [9.17, 15) is 9.59 Å². The first-order valence-electron chi connectivity index (χ1n) is 9.30. The lowest BCUT2D eigenvalue weighted by molar-refractivity contribution is -0.132. The maximum atomic E-state index is 13.0. The Morgan fingerprint density at radius 2 is 2.19 bits per heavy atom. The Balaban J connectivity index is 1.73. The molecule has 1 saturated heterocycles. The van der Waals surface area contributed by atoms with Crippen LogP contribution in [0.5, 0.6) is 0 Å². The van der Waals surface area contributed by atoms with Gasteiger partial charge in [-0.3, -0.25) is 14.5 Å². The summed E-state index contributed by atoms with van der Waals surface area (Å²) in [7, 11) is 0. The number of nitrogens with zero attached hydrogens (tertiary/aromatic N) is 3. The summed E-state index contributed by atoms with van der Waals surface area (Å²) in [5.74, 6) is 0.182. The second-order valence-corrected chi connectivity index (χ2v) is 8.42. The van der Waals surface area contributed by atoms with Gasteiger partial charge in [0.25, 0.3) is 0 Å². The van der Waals surface area contributed by atoms with Gasteiger partial charge in [-0.1, -0.05) is 41.1 Å². The Hall–Kier alpha value is -1.73. The van der Waals surface area contributed by atoms with Gasteiger partial charge in [0.2, 0.25) is 11.8 Å². The van der Waals surface area contributed by atoms with Crippen LogP contribution in [0.3, 0.4) is 0 Å². The highest BCUT2D eigenvalue weighted by Crippen LogP contribution is 2.29. The second-order valence-electron chi connectivity index (χ2n) is 6.73. The number of hydrogen-bond donors (Lipinski definition) is 0. The zero-order valence-electron chi connectivity index (χ0n) is 15.7. The molecule has 1 aliphatic heterocycles. The van der Waals surface area contributed by atoms with E-state index >= 15 is 0 Å². The van der Waals surface area contributed by atoms with Crippen molar-refractivity contribution in [3.05, 3.63) is 45.4 Å². The number of hydrogen-bond acceptors (Lipinski definition) is 4. The lowest BCUT2D eigenvalue weighted by Crippen LogP contribution is -2.35. The summed E-state index contributed by atoms with van der Waals surface area (Å²) in [5.41, 5.74) is 1.83. The maximum Gasteiger partial charge on any atom is 0.229 e. The number of carbonyl (C=O) groups excluding carboxylic acids is 2. The summed E-state index contributed by atoms with van der Waals surface area (Å²) in [6.45, 7) is 5.56. The van der Waals surface area contributed by atoms with Crippen molar-refractivity contribution < 1.29 is 9.59 Å². The van der Waals surface area contributed by atoms with E-state index in [-0.39, 0.29) is 24.3 Å². The Kier molecular flexibility index (Phi) is 6.65. The highest BCUT2D eigenvalue weighted by Gasteiger charge is 2.26. The molecule has 2 aromatic rings. The van der Waals surface area contributed by atoms with E-state index in [0.717, 1.165) is 35.1 Å². The summed E-state index contributed by atoms with van der Waals surface area (Å²) in [6.07, 6.45) is 2.61. The van der Waals surface area contributed by atoms with E-state index in [1.165, 1.54) is 11.3 Å². The quantitative estimate of drug-likeness (QED) is 0.621. The minimum Gasteiger partial charge on any atom is -0.336 e. The molecule has 0 saturated carbocycles. The normalized spacial score (nSPS) is 15.2. The summed E-state index contributed by atoms with van der Waals surface area (Å²) in [4.78, 5) is 33.1. The molecule has 0 N–H and O–H groups in total. The molecule has 1 aromatic heterocycles. The molecule has 1 aromatic carbocycles. The van der Waals surface area contributed by atoms with Crippen LogP contribution in [-0.2, 0) is 16.0 Å². The Bertz CT molecular complexity index is 823. The lowest BCUT2D eigenvalue weighted by atomic mass is 10.1. The first-order chi connectivity index (χ1) is 13.0. The van der Waals surface area contributed by atoms with Gasteiger partial charge < -0.3 is 4.90 Å². The van der Waals surface area contributed by atoms with Gasteiger partial charge in [-0.05, 0) is 31.4 Å². The number of rotatable bonds is 7. The molecule has 0 bridgehead atoms. The van der Waals surface area contributed by atoms with Gasteiger partial charge >= 0.3 is 0 Å². The summed E-state index contributed by atoms with van der Waals surface area (Å²) in [5, 5.41) is 2.60. The standard InChI is InChI=1S/C20H24BrN3O2S/c1-3-10-23(14(2)16-7-4-5-8-17(16)21)19(26)12-15-13-27-20(22-15)24-11-6-9-18(24)25/h4-5,7-8,13-14H,3,6,9-12H2,1-2H3. The Labute approximate surface area is 172 Å². The third-order valence-electron chi connectivity index (χ3n) is 4.78. The molecule has 1 unspecified atom stereocenters. The van der Waals surface area contributed by atoms with Crippen LogP contribution in [0, 0.1) is 0 Å². The molecule has 0 aliphatic carbocycles. The van der Waals surface area contributed by atoms with Crippen LogP contribution in [0.15, 0.2) is 34.1 Å².